The molecule has 0 aromatic heterocycles. The van der Waals surface area contributed by atoms with E-state index in [1.54, 1.807) is 0 Å². The minimum Gasteiger partial charge on any atom is -0.488 e. The second-order valence-corrected chi connectivity index (χ2v) is 3.68. The van der Waals surface area contributed by atoms with Crippen molar-refractivity contribution in [1.29, 1.82) is 0 Å². The Morgan fingerprint density at radius 3 is 2.71 bits per heavy atom. The topological polar surface area (TPSA) is 9.23 Å². The van der Waals surface area contributed by atoms with Gasteiger partial charge in [0.15, 0.2) is 0 Å². The molecule has 0 radical (unpaired) electrons. The van der Waals surface area contributed by atoms with Crippen LogP contribution in [0.15, 0.2) is 18.7 Å². The monoisotopic (exact) mass is 188 g/mol. The Balaban J connectivity index is 2.59. The van der Waals surface area contributed by atoms with E-state index in [1.807, 2.05) is 0 Å². The third-order valence-electron chi connectivity index (χ3n) is 2.86. The number of ether oxygens (including phenoxy) is 1. The lowest BCUT2D eigenvalue weighted by molar-refractivity contribution is 0.384. The summed E-state index contributed by atoms with van der Waals surface area (Å²) in [6, 6.07) is 4.35. The van der Waals surface area contributed by atoms with Crippen LogP contribution in [-0.2, 0) is 12.8 Å². The van der Waals surface area contributed by atoms with Gasteiger partial charge in [-0.3, -0.25) is 0 Å². The summed E-state index contributed by atoms with van der Waals surface area (Å²) >= 11 is 0. The van der Waals surface area contributed by atoms with Crippen LogP contribution in [0.5, 0.6) is 5.75 Å². The van der Waals surface area contributed by atoms with Crippen LogP contribution in [0.4, 0.5) is 0 Å². The molecule has 1 aliphatic heterocycles. The van der Waals surface area contributed by atoms with Gasteiger partial charge in [0, 0.05) is 5.56 Å². The first-order valence-electron chi connectivity index (χ1n) is 5.23. The molecule has 0 saturated carbocycles. The zero-order valence-electron chi connectivity index (χ0n) is 8.89. The van der Waals surface area contributed by atoms with E-state index in [0.29, 0.717) is 6.61 Å². The van der Waals surface area contributed by atoms with Gasteiger partial charge in [0.25, 0.3) is 0 Å². The molecule has 1 heteroatoms. The molecule has 1 aromatic rings. The Hall–Kier alpha value is -1.24. The van der Waals surface area contributed by atoms with E-state index in [9.17, 15) is 0 Å². The maximum absolute atomic E-state index is 5.68. The summed E-state index contributed by atoms with van der Waals surface area (Å²) in [5.41, 5.74) is 5.08. The second kappa shape index (κ2) is 3.49. The number of benzene rings is 1. The summed E-state index contributed by atoms with van der Waals surface area (Å²) < 4.78 is 5.68. The summed E-state index contributed by atoms with van der Waals surface area (Å²) in [6.07, 6.45) is 2.12. The third-order valence-corrected chi connectivity index (χ3v) is 2.86. The predicted molar refractivity (Wildman–Crippen MR) is 59.7 cm³/mol. The van der Waals surface area contributed by atoms with Crippen LogP contribution in [0.25, 0.3) is 5.57 Å². The molecule has 0 spiro atoms. The fraction of sp³-hybridized carbons (Fsp3) is 0.385. The Morgan fingerprint density at radius 1 is 1.29 bits per heavy atom. The van der Waals surface area contributed by atoms with E-state index in [4.69, 9.17) is 4.74 Å². The molecule has 1 heterocycles. The van der Waals surface area contributed by atoms with Gasteiger partial charge < -0.3 is 4.74 Å². The van der Waals surface area contributed by atoms with Crippen molar-refractivity contribution in [3.8, 4) is 5.75 Å². The molecule has 1 aliphatic rings. The largest absolute Gasteiger partial charge is 0.488 e. The smallest absolute Gasteiger partial charge is 0.130 e. The average Bonchev–Trinajstić information content (AvgIpc) is 2.59. The van der Waals surface area contributed by atoms with Crippen LogP contribution in [0, 0.1) is 0 Å². The standard InChI is InChI=1S/C13H16O/c1-4-10-6-7-12-9(3)8-14-13(12)11(10)5-2/h6-7H,3-5,8H2,1-2H3. The molecule has 0 atom stereocenters. The first-order valence-corrected chi connectivity index (χ1v) is 5.23. The predicted octanol–water partition coefficient (Wildman–Crippen LogP) is 3.22. The minimum absolute atomic E-state index is 0.662. The molecule has 0 unspecified atom stereocenters. The lowest BCUT2D eigenvalue weighted by atomic mass is 9.97. The summed E-state index contributed by atoms with van der Waals surface area (Å²) in [4.78, 5) is 0. The lowest BCUT2D eigenvalue weighted by Gasteiger charge is -2.10. The van der Waals surface area contributed by atoms with Crippen molar-refractivity contribution in [3.05, 3.63) is 35.4 Å². The molecule has 0 aliphatic carbocycles. The molecule has 74 valence electrons. The maximum Gasteiger partial charge on any atom is 0.130 e. The summed E-state index contributed by atoms with van der Waals surface area (Å²) in [7, 11) is 0. The van der Waals surface area contributed by atoms with Gasteiger partial charge in [-0.15, -0.1) is 0 Å². The van der Waals surface area contributed by atoms with Crippen LogP contribution < -0.4 is 4.74 Å². The zero-order valence-corrected chi connectivity index (χ0v) is 8.89. The van der Waals surface area contributed by atoms with Gasteiger partial charge in [0.2, 0.25) is 0 Å². The summed E-state index contributed by atoms with van der Waals surface area (Å²) in [5, 5.41) is 0. The molecule has 1 nitrogen and oxygen atoms in total. The third kappa shape index (κ3) is 1.24. The van der Waals surface area contributed by atoms with Crippen molar-refractivity contribution in [2.24, 2.45) is 0 Å². The van der Waals surface area contributed by atoms with E-state index in [-0.39, 0.29) is 0 Å². The molecule has 0 saturated heterocycles. The van der Waals surface area contributed by atoms with Crippen LogP contribution in [-0.4, -0.2) is 6.61 Å². The van der Waals surface area contributed by atoms with Gasteiger partial charge in [-0.2, -0.15) is 0 Å². The number of hydrogen-bond acceptors (Lipinski definition) is 1. The first kappa shape index (κ1) is 9.32. The van der Waals surface area contributed by atoms with Crippen LogP contribution in [0.2, 0.25) is 0 Å². The van der Waals surface area contributed by atoms with Gasteiger partial charge in [0.1, 0.15) is 12.4 Å². The highest BCUT2D eigenvalue weighted by molar-refractivity contribution is 5.75. The zero-order chi connectivity index (χ0) is 10.1. The van der Waals surface area contributed by atoms with Gasteiger partial charge in [0.05, 0.1) is 0 Å². The number of fused-ring (bicyclic) bond motifs is 1. The lowest BCUT2D eigenvalue weighted by Crippen LogP contribution is -1.95. The molecule has 0 N–H and O–H groups in total. The maximum atomic E-state index is 5.68. The Morgan fingerprint density at radius 2 is 2.07 bits per heavy atom. The molecule has 0 fully saturated rings. The van der Waals surface area contributed by atoms with E-state index >= 15 is 0 Å². The number of aryl methyl sites for hydroxylation is 1. The van der Waals surface area contributed by atoms with Crippen molar-refractivity contribution in [3.63, 3.8) is 0 Å². The summed E-state index contributed by atoms with van der Waals surface area (Å²) in [6.45, 7) is 9.03. The second-order valence-electron chi connectivity index (χ2n) is 3.68. The van der Waals surface area contributed by atoms with Crippen molar-refractivity contribution >= 4 is 5.57 Å². The van der Waals surface area contributed by atoms with E-state index in [1.165, 1.54) is 16.7 Å². The number of hydrogen-bond donors (Lipinski definition) is 0. The summed E-state index contributed by atoms with van der Waals surface area (Å²) in [5.74, 6) is 1.08. The molecule has 14 heavy (non-hydrogen) atoms. The van der Waals surface area contributed by atoms with Crippen molar-refractivity contribution in [2.45, 2.75) is 26.7 Å². The Kier molecular flexibility index (Phi) is 2.32. The molecule has 1 aromatic carbocycles. The first-order chi connectivity index (χ1) is 6.77. The minimum atomic E-state index is 0.662. The van der Waals surface area contributed by atoms with Crippen molar-refractivity contribution in [2.75, 3.05) is 6.61 Å². The van der Waals surface area contributed by atoms with Crippen LogP contribution in [0.3, 0.4) is 0 Å². The van der Waals surface area contributed by atoms with Crippen molar-refractivity contribution in [1.82, 2.24) is 0 Å². The normalized spacial score (nSPS) is 14.0. The molecule has 2 rings (SSSR count). The quantitative estimate of drug-likeness (QED) is 0.692. The van der Waals surface area contributed by atoms with Gasteiger partial charge in [-0.1, -0.05) is 32.6 Å². The van der Waals surface area contributed by atoms with Gasteiger partial charge >= 0.3 is 0 Å². The molecular weight excluding hydrogens is 172 g/mol. The highest BCUT2D eigenvalue weighted by Gasteiger charge is 2.20. The SMILES string of the molecule is C=C1COc2c1ccc(CC)c2CC. The fourth-order valence-corrected chi connectivity index (χ4v) is 2.07. The van der Waals surface area contributed by atoms with Crippen LogP contribution >= 0.6 is 0 Å². The van der Waals surface area contributed by atoms with Gasteiger partial charge in [-0.25, -0.2) is 0 Å². The number of rotatable bonds is 2. The van der Waals surface area contributed by atoms with E-state index in [0.717, 1.165) is 24.2 Å². The Labute approximate surface area is 85.4 Å². The Bertz CT molecular complexity index is 377. The molecule has 0 bridgehead atoms. The van der Waals surface area contributed by atoms with Gasteiger partial charge in [-0.05, 0) is 29.5 Å². The van der Waals surface area contributed by atoms with Crippen molar-refractivity contribution < 1.29 is 4.74 Å². The fourth-order valence-electron chi connectivity index (χ4n) is 2.07. The van der Waals surface area contributed by atoms with E-state index < -0.39 is 0 Å². The highest BCUT2D eigenvalue weighted by Crippen LogP contribution is 2.37. The molecule has 0 amide bonds. The average molecular weight is 188 g/mol. The van der Waals surface area contributed by atoms with E-state index in [2.05, 4.69) is 32.6 Å². The molecular formula is C13H16O. The van der Waals surface area contributed by atoms with Crippen LogP contribution in [0.1, 0.15) is 30.5 Å². The highest BCUT2D eigenvalue weighted by atomic mass is 16.5.